The molecule has 1 aliphatic rings. The van der Waals surface area contributed by atoms with Gasteiger partial charge in [-0.05, 0) is 54.7 Å². The number of phenols is 1. The summed E-state index contributed by atoms with van der Waals surface area (Å²) in [4.78, 5) is 74.2. The summed E-state index contributed by atoms with van der Waals surface area (Å²) >= 11 is 0. The molecule has 0 spiro atoms. The van der Waals surface area contributed by atoms with Crippen molar-refractivity contribution >= 4 is 56.8 Å². The van der Waals surface area contributed by atoms with E-state index in [1.807, 2.05) is 13.8 Å². The number of rotatable bonds is 8. The van der Waals surface area contributed by atoms with E-state index < -0.39 is 59.1 Å². The number of hydrogen-bond acceptors (Lipinski definition) is 10. The Balaban J connectivity index is 1.71. The van der Waals surface area contributed by atoms with Crippen molar-refractivity contribution in [2.45, 2.75) is 51.2 Å². The van der Waals surface area contributed by atoms with Crippen LogP contribution in [0.2, 0.25) is 0 Å². The van der Waals surface area contributed by atoms with E-state index >= 15 is 0 Å². The van der Waals surface area contributed by atoms with Gasteiger partial charge in [-0.15, -0.1) is 0 Å². The standard InChI is InChI=1S/C28H34N6O8S2/c1-15-9-19(35)10-16(2)20(15)7-8-24(36)32-23-14-44-43-13-22(26(29)38)33-28(40)21(31-25(37)12-30-27(23)39)11-17-3-5-18(6-4-17)34(41)42/h3-6,9-10,21-23,35H,7-8,11-14H2,1-2H3,(H2,29,38)(H,30,39)(H,31,37)(H,32,36)(H,33,40)/t21-,22+,23-/m0/s1. The third kappa shape index (κ3) is 10.2. The van der Waals surface area contributed by atoms with E-state index in [-0.39, 0.29) is 35.8 Å². The molecule has 2 aromatic rings. The molecule has 3 rings (SSSR count). The van der Waals surface area contributed by atoms with E-state index in [1.54, 1.807) is 12.1 Å². The Morgan fingerprint density at radius 3 is 2.30 bits per heavy atom. The summed E-state index contributed by atoms with van der Waals surface area (Å²) in [7, 11) is 2.36. The second kappa shape index (κ2) is 16.0. The molecule has 0 aromatic heterocycles. The molecular weight excluding hydrogens is 612 g/mol. The molecule has 1 fully saturated rings. The lowest BCUT2D eigenvalue weighted by molar-refractivity contribution is -0.384. The molecule has 2 aromatic carbocycles. The molecular formula is C28H34N6O8S2. The van der Waals surface area contributed by atoms with Crippen molar-refractivity contribution < 1.29 is 34.0 Å². The minimum Gasteiger partial charge on any atom is -0.508 e. The Morgan fingerprint density at radius 1 is 1.05 bits per heavy atom. The highest BCUT2D eigenvalue weighted by molar-refractivity contribution is 8.76. The zero-order chi connectivity index (χ0) is 32.4. The summed E-state index contributed by atoms with van der Waals surface area (Å²) in [5.74, 6) is -2.93. The zero-order valence-corrected chi connectivity index (χ0v) is 25.7. The fourth-order valence-corrected chi connectivity index (χ4v) is 6.83. The first kappa shape index (κ1) is 34.2. The largest absolute Gasteiger partial charge is 0.508 e. The lowest BCUT2D eigenvalue weighted by Crippen LogP contribution is -2.56. The summed E-state index contributed by atoms with van der Waals surface area (Å²) < 4.78 is 0. The highest BCUT2D eigenvalue weighted by atomic mass is 33.1. The number of carbonyl (C=O) groups excluding carboxylic acids is 5. The normalized spacial score (nSPS) is 20.0. The van der Waals surface area contributed by atoms with E-state index in [9.17, 15) is 39.2 Å². The van der Waals surface area contributed by atoms with Crippen molar-refractivity contribution in [2.75, 3.05) is 18.1 Å². The average Bonchev–Trinajstić information content (AvgIpc) is 2.95. The number of aromatic hydroxyl groups is 1. The van der Waals surface area contributed by atoms with Gasteiger partial charge in [0.15, 0.2) is 0 Å². The molecule has 1 saturated heterocycles. The number of nitro groups is 1. The van der Waals surface area contributed by atoms with Gasteiger partial charge in [0.05, 0.1) is 11.5 Å². The fourth-order valence-electron chi connectivity index (χ4n) is 4.49. The Hall–Kier alpha value is -4.31. The molecule has 14 nitrogen and oxygen atoms in total. The van der Waals surface area contributed by atoms with Crippen LogP contribution in [0.4, 0.5) is 5.69 Å². The van der Waals surface area contributed by atoms with Gasteiger partial charge >= 0.3 is 0 Å². The SMILES string of the molecule is Cc1cc(O)cc(C)c1CCC(=O)N[C@H]1CSSC[C@H](C(N)=O)NC(=O)[C@H](Cc2ccc([N+](=O)[O-])cc2)NC(=O)CNC1=O. The Kier molecular flexibility index (Phi) is 12.4. The number of nitrogens with one attached hydrogen (secondary N) is 4. The Labute approximate surface area is 261 Å². The minimum atomic E-state index is -1.19. The number of benzene rings is 2. The predicted octanol–water partition coefficient (Wildman–Crippen LogP) is 0.543. The number of nitro benzene ring substituents is 1. The summed E-state index contributed by atoms with van der Waals surface area (Å²) in [6.07, 6.45) is 0.405. The van der Waals surface area contributed by atoms with Crippen LogP contribution >= 0.6 is 21.6 Å². The van der Waals surface area contributed by atoms with E-state index in [1.165, 1.54) is 45.9 Å². The summed E-state index contributed by atoms with van der Waals surface area (Å²) in [6.45, 7) is 3.17. The molecule has 7 N–H and O–H groups in total. The van der Waals surface area contributed by atoms with Crippen molar-refractivity contribution in [3.63, 3.8) is 0 Å². The lowest BCUT2D eigenvalue weighted by Gasteiger charge is -2.24. The first-order chi connectivity index (χ1) is 20.8. The van der Waals surface area contributed by atoms with Crippen LogP contribution in [0, 0.1) is 24.0 Å². The number of primary amides is 1. The van der Waals surface area contributed by atoms with Crippen LogP contribution in [-0.4, -0.2) is 75.7 Å². The summed E-state index contributed by atoms with van der Waals surface area (Å²) in [6, 6.07) is 5.35. The maximum atomic E-state index is 13.1. The van der Waals surface area contributed by atoms with Gasteiger partial charge in [-0.1, -0.05) is 33.7 Å². The van der Waals surface area contributed by atoms with Gasteiger partial charge in [-0.2, -0.15) is 0 Å². The summed E-state index contributed by atoms with van der Waals surface area (Å²) in [5.41, 5.74) is 8.45. The molecule has 236 valence electrons. The number of nitrogens with zero attached hydrogens (tertiary/aromatic N) is 1. The molecule has 0 radical (unpaired) electrons. The van der Waals surface area contributed by atoms with Crippen molar-refractivity contribution in [2.24, 2.45) is 5.73 Å². The first-order valence-corrected chi connectivity index (χ1v) is 16.1. The molecule has 5 amide bonds. The van der Waals surface area contributed by atoms with Crippen molar-refractivity contribution in [1.82, 2.24) is 21.3 Å². The number of nitrogens with two attached hydrogens (primary N) is 1. The number of non-ortho nitro benzene ring substituents is 1. The highest BCUT2D eigenvalue weighted by Gasteiger charge is 2.28. The van der Waals surface area contributed by atoms with Crippen molar-refractivity contribution in [3.8, 4) is 5.75 Å². The molecule has 44 heavy (non-hydrogen) atoms. The number of aryl methyl sites for hydroxylation is 2. The van der Waals surface area contributed by atoms with Crippen LogP contribution in [-0.2, 0) is 36.8 Å². The molecule has 0 saturated carbocycles. The molecule has 1 aliphatic heterocycles. The third-order valence-electron chi connectivity index (χ3n) is 6.81. The van der Waals surface area contributed by atoms with E-state index in [0.717, 1.165) is 16.7 Å². The van der Waals surface area contributed by atoms with Crippen molar-refractivity contribution in [1.29, 1.82) is 0 Å². The average molecular weight is 647 g/mol. The maximum Gasteiger partial charge on any atom is 0.269 e. The van der Waals surface area contributed by atoms with E-state index in [0.29, 0.717) is 12.0 Å². The Morgan fingerprint density at radius 2 is 1.68 bits per heavy atom. The molecule has 0 aliphatic carbocycles. The van der Waals surface area contributed by atoms with E-state index in [2.05, 4.69) is 21.3 Å². The van der Waals surface area contributed by atoms with Gasteiger partial charge in [0.2, 0.25) is 29.5 Å². The summed E-state index contributed by atoms with van der Waals surface area (Å²) in [5, 5.41) is 31.0. The molecule has 1 heterocycles. The van der Waals surface area contributed by atoms with Crippen LogP contribution < -0.4 is 27.0 Å². The molecule has 0 bridgehead atoms. The third-order valence-corrected chi connectivity index (χ3v) is 9.23. The lowest BCUT2D eigenvalue weighted by atomic mass is 9.98. The van der Waals surface area contributed by atoms with Crippen LogP contribution in [0.5, 0.6) is 5.75 Å². The predicted molar refractivity (Wildman–Crippen MR) is 166 cm³/mol. The van der Waals surface area contributed by atoms with Gasteiger partial charge in [0.25, 0.3) is 5.69 Å². The number of phenolic OH excluding ortho intramolecular Hbond substituents is 1. The van der Waals surface area contributed by atoms with Gasteiger partial charge in [-0.3, -0.25) is 34.1 Å². The molecule has 3 atom stereocenters. The van der Waals surface area contributed by atoms with Crippen LogP contribution in [0.1, 0.15) is 28.7 Å². The van der Waals surface area contributed by atoms with Gasteiger partial charge in [0, 0.05) is 36.5 Å². The van der Waals surface area contributed by atoms with Crippen LogP contribution in [0.25, 0.3) is 0 Å². The molecule has 16 heteroatoms. The van der Waals surface area contributed by atoms with Crippen LogP contribution in [0.3, 0.4) is 0 Å². The first-order valence-electron chi connectivity index (χ1n) is 13.6. The maximum absolute atomic E-state index is 13.1. The number of amides is 5. The monoisotopic (exact) mass is 646 g/mol. The van der Waals surface area contributed by atoms with Gasteiger partial charge < -0.3 is 32.1 Å². The topological polar surface area (TPSA) is 223 Å². The molecule has 0 unspecified atom stereocenters. The minimum absolute atomic E-state index is 0.0473. The Bertz CT molecular complexity index is 1400. The van der Waals surface area contributed by atoms with Crippen LogP contribution in [0.15, 0.2) is 36.4 Å². The quantitative estimate of drug-likeness (QED) is 0.133. The zero-order valence-electron chi connectivity index (χ0n) is 24.1. The number of carbonyl (C=O) groups is 5. The van der Waals surface area contributed by atoms with Crippen molar-refractivity contribution in [3.05, 3.63) is 68.8 Å². The fraction of sp³-hybridized carbons (Fsp3) is 0.393. The van der Waals surface area contributed by atoms with Gasteiger partial charge in [0.1, 0.15) is 23.9 Å². The van der Waals surface area contributed by atoms with Gasteiger partial charge in [-0.25, -0.2) is 0 Å². The number of hydrogen-bond donors (Lipinski definition) is 6. The second-order valence-electron chi connectivity index (χ2n) is 10.2. The second-order valence-corrected chi connectivity index (χ2v) is 12.7. The van der Waals surface area contributed by atoms with E-state index in [4.69, 9.17) is 5.73 Å². The highest BCUT2D eigenvalue weighted by Crippen LogP contribution is 2.24. The smallest absolute Gasteiger partial charge is 0.269 e.